The van der Waals surface area contributed by atoms with Gasteiger partial charge in [0, 0.05) is 31.6 Å². The van der Waals surface area contributed by atoms with E-state index in [2.05, 4.69) is 27.8 Å². The summed E-state index contributed by atoms with van der Waals surface area (Å²) in [5, 5.41) is 14.4. The van der Waals surface area contributed by atoms with Crippen LogP contribution < -0.4 is 10.6 Å². The van der Waals surface area contributed by atoms with Crippen molar-refractivity contribution in [3.8, 4) is 0 Å². The van der Waals surface area contributed by atoms with Gasteiger partial charge in [0.05, 0.1) is 29.5 Å². The Morgan fingerprint density at radius 2 is 1.97 bits per heavy atom. The number of imidazole rings is 1. The molecule has 12 heteroatoms. The predicted octanol–water partition coefficient (Wildman–Crippen LogP) is 4.10. The van der Waals surface area contributed by atoms with E-state index in [4.69, 9.17) is 4.98 Å². The van der Waals surface area contributed by atoms with Crippen molar-refractivity contribution in [2.75, 3.05) is 6.54 Å². The van der Waals surface area contributed by atoms with Gasteiger partial charge < -0.3 is 10.6 Å². The molecule has 1 unspecified atom stereocenters. The third-order valence-corrected chi connectivity index (χ3v) is 8.16. The number of fused-ring (bicyclic) bond motifs is 1. The highest BCUT2D eigenvalue weighted by atomic mass is 19.4. The van der Waals surface area contributed by atoms with Gasteiger partial charge in [0.2, 0.25) is 5.91 Å². The van der Waals surface area contributed by atoms with E-state index >= 15 is 0 Å². The third kappa shape index (κ3) is 5.94. The van der Waals surface area contributed by atoms with Crippen LogP contribution in [0.2, 0.25) is 0 Å². The van der Waals surface area contributed by atoms with Crippen LogP contribution in [0, 0.1) is 23.7 Å². The first-order valence-electron chi connectivity index (χ1n) is 13.6. The summed E-state index contributed by atoms with van der Waals surface area (Å²) in [5.74, 6) is -2.12. The highest BCUT2D eigenvalue weighted by Gasteiger charge is 2.44. The summed E-state index contributed by atoms with van der Waals surface area (Å²) in [4.78, 5) is 30.3. The molecule has 4 heterocycles. The lowest BCUT2D eigenvalue weighted by atomic mass is 9.78. The lowest BCUT2D eigenvalue weighted by Gasteiger charge is -2.32. The molecule has 0 radical (unpaired) electrons. The Labute approximate surface area is 224 Å². The first-order chi connectivity index (χ1) is 18.6. The third-order valence-electron chi connectivity index (χ3n) is 8.16. The molecule has 2 aliphatic rings. The summed E-state index contributed by atoms with van der Waals surface area (Å²) in [5.41, 5.74) is 2.24. The van der Waals surface area contributed by atoms with E-state index < -0.39 is 18.0 Å². The summed E-state index contributed by atoms with van der Waals surface area (Å²) in [6.45, 7) is 4.35. The van der Waals surface area contributed by atoms with Crippen molar-refractivity contribution in [2.45, 2.75) is 71.1 Å². The van der Waals surface area contributed by atoms with Crippen LogP contribution in [0.5, 0.6) is 0 Å². The van der Waals surface area contributed by atoms with Crippen LogP contribution in [0.15, 0.2) is 30.6 Å². The second kappa shape index (κ2) is 11.0. The predicted molar refractivity (Wildman–Crippen MR) is 137 cm³/mol. The van der Waals surface area contributed by atoms with Crippen LogP contribution in [-0.2, 0) is 17.8 Å². The quantitative estimate of drug-likeness (QED) is 0.465. The Balaban J connectivity index is 1.38. The van der Waals surface area contributed by atoms with Crippen LogP contribution in [-0.4, -0.2) is 48.9 Å². The van der Waals surface area contributed by atoms with E-state index in [0.717, 1.165) is 25.7 Å². The van der Waals surface area contributed by atoms with Crippen molar-refractivity contribution in [1.29, 1.82) is 0 Å². The van der Waals surface area contributed by atoms with Crippen LogP contribution in [0.4, 0.5) is 13.2 Å². The van der Waals surface area contributed by atoms with Crippen molar-refractivity contribution in [3.63, 3.8) is 0 Å². The molecule has 1 saturated heterocycles. The minimum absolute atomic E-state index is 0.101. The number of nitrogens with zero attached hydrogens (tertiary/aromatic N) is 5. The normalized spacial score (nSPS) is 24.9. The van der Waals surface area contributed by atoms with Gasteiger partial charge in [-0.25, -0.2) is 9.50 Å². The molecule has 2 N–H and O–H groups in total. The maximum atomic E-state index is 13.3. The lowest BCUT2D eigenvalue weighted by Crippen LogP contribution is -2.47. The SMILES string of the molecule is CCn1nccc1C(=O)N[C@H](c1cn2nc(CC3C[C@@H](C(F)(F)F)CNC3=O)ccc2n1)[C@H]1CC[C@H](C)CC1. The fourth-order valence-electron chi connectivity index (χ4n) is 5.82. The number of nitrogens with one attached hydrogen (secondary N) is 2. The summed E-state index contributed by atoms with van der Waals surface area (Å²) >= 11 is 0. The maximum absolute atomic E-state index is 13.3. The van der Waals surface area contributed by atoms with Gasteiger partial charge in [-0.2, -0.15) is 23.4 Å². The molecule has 2 fully saturated rings. The largest absolute Gasteiger partial charge is 0.393 e. The molecule has 2 amide bonds. The number of alkyl halides is 3. The van der Waals surface area contributed by atoms with Crippen molar-refractivity contribution >= 4 is 17.5 Å². The van der Waals surface area contributed by atoms with Crippen LogP contribution in [0.25, 0.3) is 5.65 Å². The van der Waals surface area contributed by atoms with Gasteiger partial charge >= 0.3 is 6.18 Å². The van der Waals surface area contributed by atoms with Crippen LogP contribution in [0.1, 0.15) is 73.9 Å². The van der Waals surface area contributed by atoms with Crippen LogP contribution in [0.3, 0.4) is 0 Å². The van der Waals surface area contributed by atoms with Gasteiger partial charge in [-0.3, -0.25) is 14.3 Å². The minimum atomic E-state index is -4.35. The average molecular weight is 546 g/mol. The monoisotopic (exact) mass is 545 g/mol. The summed E-state index contributed by atoms with van der Waals surface area (Å²) < 4.78 is 43.0. The second-order valence-electron chi connectivity index (χ2n) is 10.9. The van der Waals surface area contributed by atoms with E-state index in [-0.39, 0.29) is 43.2 Å². The number of aryl methyl sites for hydroxylation is 1. The molecule has 3 aromatic heterocycles. The molecular weight excluding hydrogens is 511 g/mol. The molecule has 1 saturated carbocycles. The van der Waals surface area contributed by atoms with Gasteiger partial charge in [0.25, 0.3) is 5.91 Å². The topological polar surface area (TPSA) is 106 Å². The molecule has 1 aliphatic heterocycles. The van der Waals surface area contributed by atoms with Crippen molar-refractivity contribution in [2.24, 2.45) is 23.7 Å². The first kappa shape index (κ1) is 27.1. The number of amides is 2. The molecule has 0 spiro atoms. The number of halogens is 3. The zero-order valence-electron chi connectivity index (χ0n) is 22.1. The number of aromatic nitrogens is 5. The molecule has 5 rings (SSSR count). The van der Waals surface area contributed by atoms with Gasteiger partial charge in [0.15, 0.2) is 5.65 Å². The van der Waals surface area contributed by atoms with E-state index in [1.165, 1.54) is 0 Å². The molecule has 210 valence electrons. The van der Waals surface area contributed by atoms with Gasteiger partial charge in [-0.1, -0.05) is 19.8 Å². The molecule has 3 atom stereocenters. The smallest absolute Gasteiger partial charge is 0.355 e. The van der Waals surface area contributed by atoms with Gasteiger partial charge in [-0.05, 0) is 56.2 Å². The zero-order chi connectivity index (χ0) is 27.7. The Morgan fingerprint density at radius 1 is 1.21 bits per heavy atom. The maximum Gasteiger partial charge on any atom is 0.393 e. The fourth-order valence-corrected chi connectivity index (χ4v) is 5.82. The van der Waals surface area contributed by atoms with E-state index in [0.29, 0.717) is 35.2 Å². The highest BCUT2D eigenvalue weighted by molar-refractivity contribution is 5.92. The van der Waals surface area contributed by atoms with Crippen molar-refractivity contribution in [3.05, 3.63) is 47.7 Å². The Bertz CT molecular complexity index is 1330. The van der Waals surface area contributed by atoms with Crippen molar-refractivity contribution in [1.82, 2.24) is 35.0 Å². The minimum Gasteiger partial charge on any atom is -0.355 e. The number of hydrogen-bond donors (Lipinski definition) is 2. The fraction of sp³-hybridized carbons (Fsp3) is 0.593. The average Bonchev–Trinajstić information content (AvgIpc) is 3.55. The van der Waals surface area contributed by atoms with Crippen LogP contribution >= 0.6 is 0 Å². The summed E-state index contributed by atoms with van der Waals surface area (Å²) in [7, 11) is 0. The van der Waals surface area contributed by atoms with Crippen molar-refractivity contribution < 1.29 is 22.8 Å². The number of rotatable bonds is 7. The summed E-state index contributed by atoms with van der Waals surface area (Å²) in [6.07, 6.45) is 2.94. The van der Waals surface area contributed by atoms with E-state index in [1.54, 1.807) is 39.8 Å². The van der Waals surface area contributed by atoms with Gasteiger partial charge in [0.1, 0.15) is 5.69 Å². The van der Waals surface area contributed by atoms with Gasteiger partial charge in [-0.15, -0.1) is 0 Å². The first-order valence-corrected chi connectivity index (χ1v) is 13.6. The molecule has 39 heavy (non-hydrogen) atoms. The molecule has 0 aromatic carbocycles. The molecular formula is C27H34F3N7O2. The second-order valence-corrected chi connectivity index (χ2v) is 10.9. The lowest BCUT2D eigenvalue weighted by molar-refractivity contribution is -0.183. The Morgan fingerprint density at radius 3 is 2.69 bits per heavy atom. The highest BCUT2D eigenvalue weighted by Crippen LogP contribution is 2.37. The summed E-state index contributed by atoms with van der Waals surface area (Å²) in [6, 6.07) is 4.82. The number of carbonyl (C=O) groups excluding carboxylic acids is 2. The van der Waals surface area contributed by atoms with E-state index in [1.807, 2.05) is 6.92 Å². The van der Waals surface area contributed by atoms with E-state index in [9.17, 15) is 22.8 Å². The number of hydrogen-bond acceptors (Lipinski definition) is 5. The molecule has 1 aliphatic carbocycles. The number of piperidine rings is 1. The standard InChI is InChI=1S/C27H34F3N7O2/c1-3-36-22(10-11-32-36)26(39)34-24(17-6-4-16(2)5-7-17)21-15-37-23(33-21)9-8-20(35-37)13-18-12-19(27(28,29)30)14-31-25(18)38/h8-11,15-19,24H,3-7,12-14H2,1-2H3,(H,31,38)(H,34,39)/t16-,17-,18?,19-,24+/m1/s1. The molecule has 0 bridgehead atoms. The zero-order valence-corrected chi connectivity index (χ0v) is 22.1. The molecule has 3 aromatic rings. The molecule has 9 nitrogen and oxygen atoms in total. The Hall–Kier alpha value is -3.44. The number of carbonyl (C=O) groups is 2. The Kier molecular flexibility index (Phi) is 7.64.